The maximum atomic E-state index is 12.3. The minimum absolute atomic E-state index is 0.0193. The SMILES string of the molecule is C[C@H]1C(=O)N(C)CCN1C(=O)NCc1cccc2[nH]ccc12. The summed E-state index contributed by atoms with van der Waals surface area (Å²) in [7, 11) is 1.76. The highest BCUT2D eigenvalue weighted by atomic mass is 16.2. The first kappa shape index (κ1) is 14.4. The van der Waals surface area contributed by atoms with Gasteiger partial charge < -0.3 is 20.1 Å². The number of carbonyl (C=O) groups excluding carboxylic acids is 2. The molecule has 3 amide bonds. The maximum absolute atomic E-state index is 12.3. The molecular weight excluding hydrogens is 280 g/mol. The second-order valence-corrected chi connectivity index (χ2v) is 5.64. The molecule has 0 spiro atoms. The van der Waals surface area contributed by atoms with Crippen LogP contribution in [0.3, 0.4) is 0 Å². The van der Waals surface area contributed by atoms with Crippen LogP contribution in [-0.2, 0) is 11.3 Å². The number of benzene rings is 1. The number of nitrogens with zero attached hydrogens (tertiary/aromatic N) is 2. The van der Waals surface area contributed by atoms with Crippen LogP contribution < -0.4 is 5.32 Å². The van der Waals surface area contributed by atoms with E-state index in [0.29, 0.717) is 19.6 Å². The lowest BCUT2D eigenvalue weighted by atomic mass is 10.1. The lowest BCUT2D eigenvalue weighted by molar-refractivity contribution is -0.137. The Hall–Kier alpha value is -2.50. The molecule has 1 aliphatic heterocycles. The predicted molar refractivity (Wildman–Crippen MR) is 84.3 cm³/mol. The number of likely N-dealkylation sites (N-methyl/N-ethyl adjacent to an activating group) is 1. The van der Waals surface area contributed by atoms with E-state index in [2.05, 4.69) is 10.3 Å². The third kappa shape index (κ3) is 2.52. The molecule has 1 atom stereocenters. The Morgan fingerprint density at radius 3 is 3.00 bits per heavy atom. The first-order valence-corrected chi connectivity index (χ1v) is 7.42. The number of H-pyrrole nitrogens is 1. The van der Waals surface area contributed by atoms with Crippen molar-refractivity contribution in [3.05, 3.63) is 36.0 Å². The van der Waals surface area contributed by atoms with E-state index >= 15 is 0 Å². The standard InChI is InChI=1S/C16H20N4O2/c1-11-15(21)19(2)8-9-20(11)16(22)18-10-12-4-3-5-14-13(12)6-7-17-14/h3-7,11,17H,8-10H2,1-2H3,(H,18,22)/t11-/m0/s1. The van der Waals surface area contributed by atoms with Crippen LogP contribution in [0.4, 0.5) is 4.79 Å². The van der Waals surface area contributed by atoms with Crippen LogP contribution in [0, 0.1) is 0 Å². The summed E-state index contributed by atoms with van der Waals surface area (Å²) in [6.45, 7) is 3.35. The molecular formula is C16H20N4O2. The van der Waals surface area contributed by atoms with Gasteiger partial charge in [-0.2, -0.15) is 0 Å². The number of carbonyl (C=O) groups is 2. The molecule has 6 heteroatoms. The van der Waals surface area contributed by atoms with Crippen LogP contribution in [0.25, 0.3) is 10.9 Å². The van der Waals surface area contributed by atoms with Gasteiger partial charge in [-0.05, 0) is 24.6 Å². The van der Waals surface area contributed by atoms with E-state index in [9.17, 15) is 9.59 Å². The normalized spacial score (nSPS) is 18.8. The van der Waals surface area contributed by atoms with Crippen molar-refractivity contribution in [1.29, 1.82) is 0 Å². The minimum Gasteiger partial charge on any atom is -0.361 e. The number of aromatic amines is 1. The summed E-state index contributed by atoms with van der Waals surface area (Å²) in [5, 5.41) is 4.02. The van der Waals surface area contributed by atoms with Crippen LogP contribution in [0.2, 0.25) is 0 Å². The molecule has 2 N–H and O–H groups in total. The van der Waals surface area contributed by atoms with Crippen molar-refractivity contribution in [1.82, 2.24) is 20.1 Å². The average molecular weight is 300 g/mol. The van der Waals surface area contributed by atoms with Gasteiger partial charge in [-0.25, -0.2) is 4.79 Å². The van der Waals surface area contributed by atoms with E-state index < -0.39 is 6.04 Å². The van der Waals surface area contributed by atoms with Crippen molar-refractivity contribution in [3.8, 4) is 0 Å². The summed E-state index contributed by atoms with van der Waals surface area (Å²) in [4.78, 5) is 30.7. The van der Waals surface area contributed by atoms with E-state index in [0.717, 1.165) is 16.5 Å². The summed E-state index contributed by atoms with van der Waals surface area (Å²) in [5.74, 6) is -0.0193. The Morgan fingerprint density at radius 2 is 2.18 bits per heavy atom. The summed E-state index contributed by atoms with van der Waals surface area (Å²) in [6.07, 6.45) is 1.89. The van der Waals surface area contributed by atoms with Crippen LogP contribution >= 0.6 is 0 Å². The van der Waals surface area contributed by atoms with Crippen LogP contribution in [0.5, 0.6) is 0 Å². The molecule has 0 saturated carbocycles. The fraction of sp³-hybridized carbons (Fsp3) is 0.375. The lowest BCUT2D eigenvalue weighted by Crippen LogP contribution is -2.58. The van der Waals surface area contributed by atoms with Gasteiger partial charge in [-0.15, -0.1) is 0 Å². The van der Waals surface area contributed by atoms with Crippen molar-refractivity contribution in [3.63, 3.8) is 0 Å². The van der Waals surface area contributed by atoms with Crippen molar-refractivity contribution in [2.24, 2.45) is 0 Å². The number of rotatable bonds is 2. The van der Waals surface area contributed by atoms with Gasteiger partial charge in [0, 0.05) is 43.8 Å². The quantitative estimate of drug-likeness (QED) is 0.883. The van der Waals surface area contributed by atoms with Crippen LogP contribution in [-0.4, -0.2) is 52.9 Å². The Labute approximate surface area is 129 Å². The Kier molecular flexibility index (Phi) is 3.75. The number of piperazine rings is 1. The zero-order chi connectivity index (χ0) is 15.7. The topological polar surface area (TPSA) is 68.4 Å². The number of amides is 3. The molecule has 3 rings (SSSR count). The van der Waals surface area contributed by atoms with E-state index in [1.807, 2.05) is 30.5 Å². The van der Waals surface area contributed by atoms with Gasteiger partial charge in [0.2, 0.25) is 5.91 Å². The van der Waals surface area contributed by atoms with E-state index in [-0.39, 0.29) is 11.9 Å². The fourth-order valence-corrected chi connectivity index (χ4v) is 2.87. The van der Waals surface area contributed by atoms with Gasteiger partial charge in [0.15, 0.2) is 0 Å². The van der Waals surface area contributed by atoms with E-state index in [4.69, 9.17) is 0 Å². The molecule has 22 heavy (non-hydrogen) atoms. The van der Waals surface area contributed by atoms with E-state index in [1.54, 1.807) is 23.8 Å². The Morgan fingerprint density at radius 1 is 1.36 bits per heavy atom. The van der Waals surface area contributed by atoms with Crippen LogP contribution in [0.15, 0.2) is 30.5 Å². The third-order valence-electron chi connectivity index (χ3n) is 4.25. The molecule has 2 heterocycles. The molecule has 0 unspecified atom stereocenters. The third-order valence-corrected chi connectivity index (χ3v) is 4.25. The van der Waals surface area contributed by atoms with Gasteiger partial charge in [0.25, 0.3) is 0 Å². The smallest absolute Gasteiger partial charge is 0.318 e. The molecule has 116 valence electrons. The maximum Gasteiger partial charge on any atom is 0.318 e. The van der Waals surface area contributed by atoms with Crippen LogP contribution in [0.1, 0.15) is 12.5 Å². The summed E-state index contributed by atoms with van der Waals surface area (Å²) in [6, 6.07) is 7.35. The summed E-state index contributed by atoms with van der Waals surface area (Å²) in [5.41, 5.74) is 2.11. The number of urea groups is 1. The van der Waals surface area contributed by atoms with Gasteiger partial charge in [-0.1, -0.05) is 12.1 Å². The highest BCUT2D eigenvalue weighted by Gasteiger charge is 2.32. The highest BCUT2D eigenvalue weighted by molar-refractivity contribution is 5.88. The second-order valence-electron chi connectivity index (χ2n) is 5.64. The minimum atomic E-state index is -0.415. The van der Waals surface area contributed by atoms with Gasteiger partial charge in [0.05, 0.1) is 0 Å². The monoisotopic (exact) mass is 300 g/mol. The Balaban J connectivity index is 1.67. The first-order chi connectivity index (χ1) is 10.6. The molecule has 2 aromatic rings. The molecule has 0 aliphatic carbocycles. The Bertz CT molecular complexity index is 709. The van der Waals surface area contributed by atoms with Gasteiger partial charge in [0.1, 0.15) is 6.04 Å². The number of hydrogen-bond acceptors (Lipinski definition) is 2. The molecule has 1 aliphatic rings. The molecule has 1 aromatic carbocycles. The fourth-order valence-electron chi connectivity index (χ4n) is 2.87. The molecule has 1 fully saturated rings. The van der Waals surface area contributed by atoms with Crippen molar-refractivity contribution in [2.75, 3.05) is 20.1 Å². The van der Waals surface area contributed by atoms with Crippen molar-refractivity contribution < 1.29 is 9.59 Å². The first-order valence-electron chi connectivity index (χ1n) is 7.42. The predicted octanol–water partition coefficient (Wildman–Crippen LogP) is 1.54. The zero-order valence-corrected chi connectivity index (χ0v) is 12.8. The molecule has 1 aromatic heterocycles. The molecule has 0 bridgehead atoms. The van der Waals surface area contributed by atoms with E-state index in [1.165, 1.54) is 0 Å². The largest absolute Gasteiger partial charge is 0.361 e. The number of nitrogens with one attached hydrogen (secondary N) is 2. The zero-order valence-electron chi connectivity index (χ0n) is 12.8. The number of fused-ring (bicyclic) bond motifs is 1. The summed E-state index contributed by atoms with van der Waals surface area (Å²) >= 11 is 0. The molecule has 6 nitrogen and oxygen atoms in total. The second kappa shape index (κ2) is 5.71. The van der Waals surface area contributed by atoms with Gasteiger partial charge in [-0.3, -0.25) is 4.79 Å². The summed E-state index contributed by atoms with van der Waals surface area (Å²) < 4.78 is 0. The van der Waals surface area contributed by atoms with Gasteiger partial charge >= 0.3 is 6.03 Å². The number of aromatic nitrogens is 1. The average Bonchev–Trinajstić information content (AvgIpc) is 2.99. The van der Waals surface area contributed by atoms with Crippen molar-refractivity contribution in [2.45, 2.75) is 19.5 Å². The molecule has 0 radical (unpaired) electrons. The lowest BCUT2D eigenvalue weighted by Gasteiger charge is -2.37. The van der Waals surface area contributed by atoms with Crippen molar-refractivity contribution >= 4 is 22.8 Å². The highest BCUT2D eigenvalue weighted by Crippen LogP contribution is 2.17. The molecule has 1 saturated heterocycles. The number of hydrogen-bond donors (Lipinski definition) is 2.